The predicted molar refractivity (Wildman–Crippen MR) is 95.4 cm³/mol. The Labute approximate surface area is 146 Å². The van der Waals surface area contributed by atoms with Gasteiger partial charge in [-0.2, -0.15) is 0 Å². The van der Waals surface area contributed by atoms with Crippen molar-refractivity contribution in [3.8, 4) is 0 Å². The van der Waals surface area contributed by atoms with E-state index in [0.717, 1.165) is 32.1 Å². The van der Waals surface area contributed by atoms with E-state index in [9.17, 15) is 18.0 Å². The maximum absolute atomic E-state index is 12.6. The highest BCUT2D eigenvalue weighted by Gasteiger charge is 2.41. The average molecular weight is 361 g/mol. The number of hydrogen-bond acceptors (Lipinski definition) is 4. The smallest absolute Gasteiger partial charge is 0.245 e. The van der Waals surface area contributed by atoms with E-state index in [1.165, 1.54) is 0 Å². The van der Waals surface area contributed by atoms with Crippen LogP contribution in [0, 0.1) is 5.92 Å². The zero-order valence-corrected chi connectivity index (χ0v) is 16.0. The molecule has 0 bridgehead atoms. The number of carbonyl (C=O) groups excluding carboxylic acids is 2. The third-order valence-corrected chi connectivity index (χ3v) is 6.15. The number of nitrogens with one attached hydrogen (secondary N) is 2. The van der Waals surface area contributed by atoms with Gasteiger partial charge in [0.15, 0.2) is 9.84 Å². The van der Waals surface area contributed by atoms with E-state index in [1.54, 1.807) is 13.8 Å². The summed E-state index contributed by atoms with van der Waals surface area (Å²) < 4.78 is 24.0. The van der Waals surface area contributed by atoms with Gasteiger partial charge in [-0.05, 0) is 25.2 Å². The summed E-state index contributed by atoms with van der Waals surface area (Å²) in [5.74, 6) is -1.33. The molecule has 0 saturated heterocycles. The van der Waals surface area contributed by atoms with Crippen LogP contribution in [0.5, 0.6) is 0 Å². The summed E-state index contributed by atoms with van der Waals surface area (Å²) in [6.45, 7) is 6.24. The minimum atomic E-state index is -3.45. The molecule has 0 unspecified atom stereocenters. The molecule has 0 aliphatic heterocycles. The first-order valence-corrected chi connectivity index (χ1v) is 10.8. The first-order valence-electron chi connectivity index (χ1n) is 9.00. The molecule has 1 saturated carbocycles. The minimum absolute atomic E-state index is 0.0177. The molecule has 7 heteroatoms. The minimum Gasteiger partial charge on any atom is -0.354 e. The number of unbranched alkanes of at least 4 members (excludes halogenated alkanes) is 1. The average Bonchev–Trinajstić information content (AvgIpc) is 2.46. The number of amides is 2. The Morgan fingerprint density at radius 1 is 1.12 bits per heavy atom. The molecule has 0 aromatic rings. The highest BCUT2D eigenvalue weighted by molar-refractivity contribution is 7.92. The first-order chi connectivity index (χ1) is 11.2. The van der Waals surface area contributed by atoms with Gasteiger partial charge >= 0.3 is 0 Å². The summed E-state index contributed by atoms with van der Waals surface area (Å²) in [6, 6.07) is 0. The zero-order chi connectivity index (χ0) is 18.2. The highest BCUT2D eigenvalue weighted by atomic mass is 32.2. The fraction of sp³-hybridized carbons (Fsp3) is 0.882. The van der Waals surface area contributed by atoms with Gasteiger partial charge in [-0.1, -0.05) is 46.5 Å². The normalized spacial score (nSPS) is 17.5. The molecule has 1 aliphatic carbocycles. The quantitative estimate of drug-likeness (QED) is 0.613. The van der Waals surface area contributed by atoms with Crippen molar-refractivity contribution < 1.29 is 18.0 Å². The molecule has 6 nitrogen and oxygen atoms in total. The van der Waals surface area contributed by atoms with Gasteiger partial charge in [-0.3, -0.25) is 9.59 Å². The van der Waals surface area contributed by atoms with Crippen LogP contribution < -0.4 is 10.6 Å². The van der Waals surface area contributed by atoms with Crippen LogP contribution >= 0.6 is 0 Å². The molecule has 0 spiro atoms. The van der Waals surface area contributed by atoms with Crippen molar-refractivity contribution in [2.24, 2.45) is 5.92 Å². The Balaban J connectivity index is 2.75. The van der Waals surface area contributed by atoms with Gasteiger partial charge < -0.3 is 10.6 Å². The Kier molecular flexibility index (Phi) is 8.19. The monoisotopic (exact) mass is 360 g/mol. The third kappa shape index (κ3) is 6.79. The fourth-order valence-electron chi connectivity index (χ4n) is 3.18. The Morgan fingerprint density at radius 2 is 1.75 bits per heavy atom. The van der Waals surface area contributed by atoms with Crippen molar-refractivity contribution in [2.45, 2.75) is 71.3 Å². The van der Waals surface area contributed by atoms with Gasteiger partial charge in [0.2, 0.25) is 11.8 Å². The fourth-order valence-corrected chi connectivity index (χ4v) is 4.79. The van der Waals surface area contributed by atoms with Gasteiger partial charge in [0.1, 0.15) is 11.3 Å². The molecule has 1 aliphatic rings. The molecule has 1 fully saturated rings. The number of rotatable bonds is 9. The molecule has 0 radical (unpaired) electrons. The molecule has 0 atom stereocenters. The van der Waals surface area contributed by atoms with Crippen molar-refractivity contribution in [3.05, 3.63) is 0 Å². The predicted octanol–water partition coefficient (Wildman–Crippen LogP) is 1.79. The van der Waals surface area contributed by atoms with E-state index in [4.69, 9.17) is 0 Å². The molecule has 140 valence electrons. The van der Waals surface area contributed by atoms with E-state index in [-0.39, 0.29) is 17.6 Å². The lowest BCUT2D eigenvalue weighted by Gasteiger charge is -2.36. The molecule has 0 aromatic carbocycles. The topological polar surface area (TPSA) is 92.3 Å². The summed E-state index contributed by atoms with van der Waals surface area (Å²) in [5, 5.41) is 5.65. The lowest BCUT2D eigenvalue weighted by atomic mass is 9.80. The van der Waals surface area contributed by atoms with Crippen molar-refractivity contribution in [2.75, 3.05) is 18.1 Å². The first kappa shape index (κ1) is 20.9. The second-order valence-corrected chi connectivity index (χ2v) is 9.36. The number of sulfone groups is 1. The van der Waals surface area contributed by atoms with Gasteiger partial charge in [0.05, 0.1) is 5.75 Å². The highest BCUT2D eigenvalue weighted by Crippen LogP contribution is 2.28. The van der Waals surface area contributed by atoms with Gasteiger partial charge in [0.25, 0.3) is 0 Å². The standard InChI is InChI=1S/C17H32N2O4S/c1-4-5-11-18-16(21)17(9-7-6-8-10-17)19-15(20)13-24(22,23)12-14(2)3/h14H,4-13H2,1-3H3,(H,18,21)(H,19,20). The maximum Gasteiger partial charge on any atom is 0.245 e. The van der Waals surface area contributed by atoms with Crippen LogP contribution in [0.2, 0.25) is 0 Å². The van der Waals surface area contributed by atoms with Gasteiger partial charge in [0, 0.05) is 6.54 Å². The van der Waals surface area contributed by atoms with E-state index in [2.05, 4.69) is 10.6 Å². The maximum atomic E-state index is 12.6. The summed E-state index contributed by atoms with van der Waals surface area (Å²) in [5.41, 5.74) is -0.948. The van der Waals surface area contributed by atoms with E-state index >= 15 is 0 Å². The molecule has 2 N–H and O–H groups in total. The van der Waals surface area contributed by atoms with Crippen molar-refractivity contribution in [1.29, 1.82) is 0 Å². The summed E-state index contributed by atoms with van der Waals surface area (Å²) in [7, 11) is -3.45. The van der Waals surface area contributed by atoms with Crippen LogP contribution in [0.4, 0.5) is 0 Å². The van der Waals surface area contributed by atoms with Gasteiger partial charge in [-0.15, -0.1) is 0 Å². The second-order valence-electron chi connectivity index (χ2n) is 7.25. The van der Waals surface area contributed by atoms with Crippen LogP contribution in [0.15, 0.2) is 0 Å². The molecule has 0 aromatic heterocycles. The molecular formula is C17H32N2O4S. The van der Waals surface area contributed by atoms with Crippen LogP contribution in [0.25, 0.3) is 0 Å². The lowest BCUT2D eigenvalue weighted by Crippen LogP contribution is -2.60. The Hall–Kier alpha value is -1.11. The van der Waals surface area contributed by atoms with E-state index < -0.39 is 27.0 Å². The second kappa shape index (κ2) is 9.39. The van der Waals surface area contributed by atoms with Crippen molar-refractivity contribution >= 4 is 21.7 Å². The molecule has 24 heavy (non-hydrogen) atoms. The number of hydrogen-bond donors (Lipinski definition) is 2. The van der Waals surface area contributed by atoms with Crippen molar-refractivity contribution in [3.63, 3.8) is 0 Å². The largest absolute Gasteiger partial charge is 0.354 e. The van der Waals surface area contributed by atoms with Crippen molar-refractivity contribution in [1.82, 2.24) is 10.6 Å². The molecule has 1 rings (SSSR count). The van der Waals surface area contributed by atoms with E-state index in [1.807, 2.05) is 6.92 Å². The number of carbonyl (C=O) groups is 2. The van der Waals surface area contributed by atoms with Crippen LogP contribution in [0.3, 0.4) is 0 Å². The third-order valence-electron chi connectivity index (χ3n) is 4.27. The summed E-state index contributed by atoms with van der Waals surface area (Å²) >= 11 is 0. The lowest BCUT2D eigenvalue weighted by molar-refractivity contribution is -0.134. The van der Waals surface area contributed by atoms with E-state index in [0.29, 0.717) is 19.4 Å². The molecular weight excluding hydrogens is 328 g/mol. The summed E-state index contributed by atoms with van der Waals surface area (Å²) in [6.07, 6.45) is 5.76. The summed E-state index contributed by atoms with van der Waals surface area (Å²) in [4.78, 5) is 24.9. The van der Waals surface area contributed by atoms with Crippen LogP contribution in [-0.2, 0) is 19.4 Å². The Morgan fingerprint density at radius 3 is 2.29 bits per heavy atom. The zero-order valence-electron chi connectivity index (χ0n) is 15.2. The Bertz CT molecular complexity index is 523. The van der Waals surface area contributed by atoms with Crippen LogP contribution in [0.1, 0.15) is 65.7 Å². The molecule has 0 heterocycles. The van der Waals surface area contributed by atoms with Crippen LogP contribution in [-0.4, -0.2) is 43.8 Å². The molecule has 2 amide bonds. The van der Waals surface area contributed by atoms with Gasteiger partial charge in [-0.25, -0.2) is 8.42 Å². The SMILES string of the molecule is CCCCNC(=O)C1(NC(=O)CS(=O)(=O)CC(C)C)CCCCC1.